The summed E-state index contributed by atoms with van der Waals surface area (Å²) in [6.45, 7) is -0.376. The van der Waals surface area contributed by atoms with Crippen LogP contribution in [0.1, 0.15) is 0 Å². The Hall–Kier alpha value is -3.59. The average molecular weight is 439 g/mol. The van der Waals surface area contributed by atoms with E-state index < -0.39 is 15.9 Å². The van der Waals surface area contributed by atoms with E-state index in [1.807, 2.05) is 30.3 Å². The van der Waals surface area contributed by atoms with E-state index in [2.05, 4.69) is 5.32 Å². The Kier molecular flexibility index (Phi) is 5.06. The third-order valence-electron chi connectivity index (χ3n) is 5.28. The second kappa shape index (κ2) is 7.59. The number of carbonyl (C=O) groups excluding carboxylic acids is 1. The van der Waals surface area contributed by atoms with Gasteiger partial charge in [0.25, 0.3) is 0 Å². The maximum Gasteiger partial charge on any atom is 0.328 e. The number of fused-ring (bicyclic) bond motifs is 2. The molecule has 9 heteroatoms. The number of benzene rings is 3. The zero-order valence-corrected chi connectivity index (χ0v) is 18.2. The molecule has 0 fully saturated rings. The predicted octanol–water partition coefficient (Wildman–Crippen LogP) is 2.43. The highest BCUT2D eigenvalue weighted by atomic mass is 32.2. The van der Waals surface area contributed by atoms with Crippen LogP contribution < -0.4 is 15.3 Å². The van der Waals surface area contributed by atoms with Crippen molar-refractivity contribution in [3.05, 3.63) is 71.1 Å². The molecule has 0 unspecified atom stereocenters. The molecule has 1 aromatic heterocycles. The molecular formula is C22H22N4O4S. The van der Waals surface area contributed by atoms with Gasteiger partial charge in [-0.1, -0.05) is 36.4 Å². The van der Waals surface area contributed by atoms with Crippen molar-refractivity contribution in [1.29, 1.82) is 0 Å². The molecule has 8 nitrogen and oxygen atoms in total. The molecule has 4 aromatic rings. The normalized spacial score (nSPS) is 11.7. The van der Waals surface area contributed by atoms with E-state index in [1.54, 1.807) is 44.4 Å². The number of sulfonamides is 1. The molecule has 0 saturated heterocycles. The topological polar surface area (TPSA) is 93.4 Å². The van der Waals surface area contributed by atoms with Gasteiger partial charge in [-0.05, 0) is 29.7 Å². The van der Waals surface area contributed by atoms with Crippen LogP contribution in [0.15, 0.2) is 65.5 Å². The van der Waals surface area contributed by atoms with Crippen LogP contribution in [-0.4, -0.2) is 36.3 Å². The largest absolute Gasteiger partial charge is 0.328 e. The van der Waals surface area contributed by atoms with Crippen LogP contribution in [0.3, 0.4) is 0 Å². The highest BCUT2D eigenvalue weighted by Crippen LogP contribution is 2.28. The number of hydrogen-bond acceptors (Lipinski definition) is 4. The van der Waals surface area contributed by atoms with Crippen molar-refractivity contribution in [2.45, 2.75) is 0 Å². The van der Waals surface area contributed by atoms with Crippen molar-refractivity contribution in [1.82, 2.24) is 9.13 Å². The molecule has 1 amide bonds. The van der Waals surface area contributed by atoms with Gasteiger partial charge in [-0.15, -0.1) is 0 Å². The van der Waals surface area contributed by atoms with Crippen LogP contribution in [0.5, 0.6) is 0 Å². The second-order valence-electron chi connectivity index (χ2n) is 7.42. The number of aryl methyl sites for hydroxylation is 2. The van der Waals surface area contributed by atoms with Gasteiger partial charge in [0.1, 0.15) is 6.54 Å². The molecule has 0 spiro atoms. The third-order valence-corrected chi connectivity index (χ3v) is 6.41. The van der Waals surface area contributed by atoms with Gasteiger partial charge in [0.2, 0.25) is 15.9 Å². The van der Waals surface area contributed by atoms with Gasteiger partial charge in [-0.2, -0.15) is 0 Å². The fraction of sp³-hybridized carbons (Fsp3) is 0.182. The number of anilines is 2. The highest BCUT2D eigenvalue weighted by Gasteiger charge is 2.23. The fourth-order valence-electron chi connectivity index (χ4n) is 3.72. The first-order valence-corrected chi connectivity index (χ1v) is 11.4. The highest BCUT2D eigenvalue weighted by molar-refractivity contribution is 7.92. The summed E-state index contributed by atoms with van der Waals surface area (Å²) in [6.07, 6.45) is 1.08. The Morgan fingerprint density at radius 3 is 2.39 bits per heavy atom. The number of carbonyl (C=O) groups is 1. The lowest BCUT2D eigenvalue weighted by molar-refractivity contribution is -0.114. The lowest BCUT2D eigenvalue weighted by Gasteiger charge is -2.23. The summed E-state index contributed by atoms with van der Waals surface area (Å²) >= 11 is 0. The minimum Gasteiger partial charge on any atom is -0.324 e. The molecule has 160 valence electrons. The number of nitrogens with one attached hydrogen (secondary N) is 1. The predicted molar refractivity (Wildman–Crippen MR) is 123 cm³/mol. The first kappa shape index (κ1) is 20.7. The molecule has 0 aliphatic rings. The minimum atomic E-state index is -3.72. The van der Waals surface area contributed by atoms with Gasteiger partial charge in [-0.3, -0.25) is 18.2 Å². The van der Waals surface area contributed by atoms with E-state index in [0.717, 1.165) is 26.9 Å². The van der Waals surface area contributed by atoms with Crippen LogP contribution in [0, 0.1) is 0 Å². The number of rotatable bonds is 5. The van der Waals surface area contributed by atoms with Crippen molar-refractivity contribution < 1.29 is 13.2 Å². The number of nitrogens with zero attached hydrogens (tertiary/aromatic N) is 3. The van der Waals surface area contributed by atoms with Crippen LogP contribution in [0.4, 0.5) is 11.4 Å². The van der Waals surface area contributed by atoms with E-state index in [0.29, 0.717) is 16.9 Å². The molecule has 0 bridgehead atoms. The summed E-state index contributed by atoms with van der Waals surface area (Å²) in [5.41, 5.74) is 2.15. The first-order valence-electron chi connectivity index (χ1n) is 9.57. The Morgan fingerprint density at radius 2 is 1.65 bits per heavy atom. The van der Waals surface area contributed by atoms with Gasteiger partial charge < -0.3 is 5.32 Å². The van der Waals surface area contributed by atoms with E-state index >= 15 is 0 Å². The lowest BCUT2D eigenvalue weighted by atomic mass is 10.1. The van der Waals surface area contributed by atoms with Gasteiger partial charge in [0, 0.05) is 25.2 Å². The zero-order chi connectivity index (χ0) is 22.3. The molecule has 1 N–H and O–H groups in total. The van der Waals surface area contributed by atoms with Crippen molar-refractivity contribution >= 4 is 49.1 Å². The monoisotopic (exact) mass is 438 g/mol. The van der Waals surface area contributed by atoms with Gasteiger partial charge >= 0.3 is 5.69 Å². The average Bonchev–Trinajstić information content (AvgIpc) is 2.95. The second-order valence-corrected chi connectivity index (χ2v) is 9.33. The maximum absolute atomic E-state index is 12.8. The fourth-order valence-corrected chi connectivity index (χ4v) is 4.59. The van der Waals surface area contributed by atoms with E-state index in [1.165, 1.54) is 9.13 Å². The molecule has 4 rings (SSSR count). The molecule has 3 aromatic carbocycles. The summed E-state index contributed by atoms with van der Waals surface area (Å²) in [7, 11) is -0.384. The summed E-state index contributed by atoms with van der Waals surface area (Å²) in [5, 5.41) is 4.36. The Labute approximate surface area is 179 Å². The summed E-state index contributed by atoms with van der Waals surface area (Å²) < 4.78 is 29.2. The van der Waals surface area contributed by atoms with Crippen molar-refractivity contribution in [3.8, 4) is 0 Å². The summed E-state index contributed by atoms with van der Waals surface area (Å²) in [5.74, 6) is -0.487. The maximum atomic E-state index is 12.8. The van der Waals surface area contributed by atoms with Crippen molar-refractivity contribution in [2.75, 3.05) is 22.4 Å². The van der Waals surface area contributed by atoms with Gasteiger partial charge in [-0.25, -0.2) is 13.2 Å². The smallest absolute Gasteiger partial charge is 0.324 e. The van der Waals surface area contributed by atoms with E-state index in [9.17, 15) is 18.0 Å². The number of imidazole rings is 1. The van der Waals surface area contributed by atoms with Crippen molar-refractivity contribution in [3.63, 3.8) is 0 Å². The SMILES string of the molecule is Cn1c(=O)n(C)c2cc(NC(=O)CN(c3cccc4ccccc34)S(C)(=O)=O)ccc21. The van der Waals surface area contributed by atoms with E-state index in [-0.39, 0.29) is 12.2 Å². The van der Waals surface area contributed by atoms with Gasteiger partial charge in [0.05, 0.1) is 23.0 Å². The van der Waals surface area contributed by atoms with Crippen LogP contribution in [-0.2, 0) is 28.9 Å². The number of hydrogen-bond donors (Lipinski definition) is 1. The molecule has 31 heavy (non-hydrogen) atoms. The van der Waals surface area contributed by atoms with Crippen LogP contribution in [0.2, 0.25) is 0 Å². The molecular weight excluding hydrogens is 416 g/mol. The molecule has 0 saturated carbocycles. The minimum absolute atomic E-state index is 0.169. The molecule has 0 radical (unpaired) electrons. The third kappa shape index (κ3) is 3.79. The molecule has 1 heterocycles. The van der Waals surface area contributed by atoms with E-state index in [4.69, 9.17) is 0 Å². The quantitative estimate of drug-likeness (QED) is 0.518. The van der Waals surface area contributed by atoms with Crippen LogP contribution >= 0.6 is 0 Å². The standard InChI is InChI=1S/C22H22N4O4S/c1-24-19-12-11-16(13-20(19)25(2)22(24)28)23-21(27)14-26(31(3,29)30)18-10-6-8-15-7-4-5-9-17(15)18/h4-13H,14H2,1-3H3,(H,23,27). The van der Waals surface area contributed by atoms with Crippen molar-refractivity contribution in [2.24, 2.45) is 14.1 Å². The Balaban J connectivity index is 1.66. The molecule has 0 atom stereocenters. The number of aromatic nitrogens is 2. The summed E-state index contributed by atoms with van der Waals surface area (Å²) in [6, 6.07) is 17.9. The Morgan fingerprint density at radius 1 is 0.968 bits per heavy atom. The van der Waals surface area contributed by atoms with Crippen LogP contribution in [0.25, 0.3) is 21.8 Å². The summed E-state index contributed by atoms with van der Waals surface area (Å²) in [4.78, 5) is 24.9. The molecule has 0 aliphatic heterocycles. The Bertz CT molecular complexity index is 1480. The zero-order valence-electron chi connectivity index (χ0n) is 17.4. The van der Waals surface area contributed by atoms with Gasteiger partial charge in [0.15, 0.2) is 0 Å². The molecule has 0 aliphatic carbocycles. The number of amides is 1. The first-order chi connectivity index (χ1) is 14.7. The lowest BCUT2D eigenvalue weighted by Crippen LogP contribution is -2.37.